The molecule has 0 amide bonds. The molecule has 0 saturated heterocycles. The van der Waals surface area contributed by atoms with Crippen LogP contribution >= 0.6 is 11.3 Å². The molecule has 0 fully saturated rings. The van der Waals surface area contributed by atoms with Gasteiger partial charge in [0, 0.05) is 11.1 Å². The van der Waals surface area contributed by atoms with Gasteiger partial charge in [-0.25, -0.2) is 0 Å². The summed E-state index contributed by atoms with van der Waals surface area (Å²) in [5, 5.41) is 12.9. The minimum absolute atomic E-state index is 0.0344. The Morgan fingerprint density at radius 3 is 2.69 bits per heavy atom. The van der Waals surface area contributed by atoms with E-state index in [-0.39, 0.29) is 5.54 Å². The standard InChI is InChI=1S/C12H17N3S/c1-8-10(9-6-5-7-16-9)14-15-11(8)13-12(2,3)4/h5-7H,1-4H3,(H2,13,14,15). The van der Waals surface area contributed by atoms with E-state index < -0.39 is 0 Å². The molecular weight excluding hydrogens is 218 g/mol. The maximum atomic E-state index is 4.33. The number of aromatic nitrogens is 2. The number of thiophene rings is 1. The molecule has 0 atom stereocenters. The molecule has 4 heteroatoms. The summed E-state index contributed by atoms with van der Waals surface area (Å²) < 4.78 is 0. The minimum Gasteiger partial charge on any atom is -0.364 e. The number of nitrogens with one attached hydrogen (secondary N) is 2. The highest BCUT2D eigenvalue weighted by Crippen LogP contribution is 2.30. The zero-order valence-corrected chi connectivity index (χ0v) is 10.9. The van der Waals surface area contributed by atoms with Crippen LogP contribution in [0.5, 0.6) is 0 Å². The van der Waals surface area contributed by atoms with Gasteiger partial charge in [0.1, 0.15) is 0 Å². The quantitative estimate of drug-likeness (QED) is 0.834. The summed E-state index contributed by atoms with van der Waals surface area (Å²) in [4.78, 5) is 1.23. The van der Waals surface area contributed by atoms with E-state index in [9.17, 15) is 0 Å². The largest absolute Gasteiger partial charge is 0.364 e. The SMILES string of the molecule is Cc1c(NC(C)(C)C)n[nH]c1-c1cccs1. The van der Waals surface area contributed by atoms with Crippen molar-refractivity contribution in [3.63, 3.8) is 0 Å². The van der Waals surface area contributed by atoms with Crippen molar-refractivity contribution < 1.29 is 0 Å². The van der Waals surface area contributed by atoms with E-state index >= 15 is 0 Å². The monoisotopic (exact) mass is 235 g/mol. The lowest BCUT2D eigenvalue weighted by Crippen LogP contribution is -2.26. The summed E-state index contributed by atoms with van der Waals surface area (Å²) in [5.41, 5.74) is 2.33. The van der Waals surface area contributed by atoms with Crippen molar-refractivity contribution in [2.24, 2.45) is 0 Å². The van der Waals surface area contributed by atoms with E-state index in [0.29, 0.717) is 0 Å². The van der Waals surface area contributed by atoms with Gasteiger partial charge in [-0.05, 0) is 39.1 Å². The molecule has 0 aliphatic rings. The molecule has 16 heavy (non-hydrogen) atoms. The third kappa shape index (κ3) is 2.27. The highest BCUT2D eigenvalue weighted by Gasteiger charge is 2.16. The van der Waals surface area contributed by atoms with Gasteiger partial charge in [0.15, 0.2) is 5.82 Å². The average molecular weight is 235 g/mol. The van der Waals surface area contributed by atoms with Gasteiger partial charge in [-0.2, -0.15) is 5.10 Å². The fraction of sp³-hybridized carbons (Fsp3) is 0.417. The molecule has 2 heterocycles. The molecule has 3 nitrogen and oxygen atoms in total. The van der Waals surface area contributed by atoms with Gasteiger partial charge in [-0.15, -0.1) is 11.3 Å². The molecule has 0 bridgehead atoms. The first-order valence-electron chi connectivity index (χ1n) is 5.34. The van der Waals surface area contributed by atoms with Gasteiger partial charge < -0.3 is 5.32 Å². The van der Waals surface area contributed by atoms with E-state index in [1.54, 1.807) is 11.3 Å². The number of aromatic amines is 1. The van der Waals surface area contributed by atoms with Gasteiger partial charge in [0.25, 0.3) is 0 Å². The summed E-state index contributed by atoms with van der Waals surface area (Å²) in [7, 11) is 0. The lowest BCUT2D eigenvalue weighted by molar-refractivity contribution is 0.629. The number of nitrogens with zero attached hydrogens (tertiary/aromatic N) is 1. The van der Waals surface area contributed by atoms with Crippen molar-refractivity contribution >= 4 is 17.2 Å². The summed E-state index contributed by atoms with van der Waals surface area (Å²) in [5.74, 6) is 0.941. The first-order valence-corrected chi connectivity index (χ1v) is 6.22. The maximum absolute atomic E-state index is 4.33. The van der Waals surface area contributed by atoms with Crippen LogP contribution in [0.4, 0.5) is 5.82 Å². The second-order valence-electron chi connectivity index (χ2n) is 4.92. The lowest BCUT2D eigenvalue weighted by Gasteiger charge is -2.20. The molecule has 0 aliphatic carbocycles. The molecule has 2 aromatic heterocycles. The molecule has 0 aliphatic heterocycles. The molecule has 0 aromatic carbocycles. The smallest absolute Gasteiger partial charge is 0.151 e. The summed E-state index contributed by atoms with van der Waals surface area (Å²) >= 11 is 1.72. The molecule has 0 radical (unpaired) electrons. The van der Waals surface area contributed by atoms with Crippen molar-refractivity contribution in [1.29, 1.82) is 0 Å². The Labute approximate surface area is 99.9 Å². The van der Waals surface area contributed by atoms with Gasteiger partial charge >= 0.3 is 0 Å². The summed E-state index contributed by atoms with van der Waals surface area (Å²) in [6.45, 7) is 8.48. The molecular formula is C12H17N3S. The van der Waals surface area contributed by atoms with Crippen molar-refractivity contribution in [2.45, 2.75) is 33.2 Å². The fourth-order valence-electron chi connectivity index (χ4n) is 1.54. The third-order valence-electron chi connectivity index (χ3n) is 2.27. The fourth-order valence-corrected chi connectivity index (χ4v) is 2.31. The molecule has 2 rings (SSSR count). The van der Waals surface area contributed by atoms with Crippen molar-refractivity contribution in [1.82, 2.24) is 10.2 Å². The van der Waals surface area contributed by atoms with Gasteiger partial charge in [-0.3, -0.25) is 5.10 Å². The van der Waals surface area contributed by atoms with E-state index in [1.807, 2.05) is 0 Å². The van der Waals surface area contributed by atoms with Crippen LogP contribution in [0.3, 0.4) is 0 Å². The van der Waals surface area contributed by atoms with E-state index in [0.717, 1.165) is 11.5 Å². The van der Waals surface area contributed by atoms with Crippen LogP contribution in [0.25, 0.3) is 10.6 Å². The minimum atomic E-state index is 0.0344. The number of anilines is 1. The van der Waals surface area contributed by atoms with Crippen LogP contribution in [0.15, 0.2) is 17.5 Å². The molecule has 2 aromatic rings. The van der Waals surface area contributed by atoms with Crippen molar-refractivity contribution in [3.8, 4) is 10.6 Å². The Bertz CT molecular complexity index is 463. The Morgan fingerprint density at radius 1 is 1.38 bits per heavy atom. The Morgan fingerprint density at radius 2 is 2.12 bits per heavy atom. The molecule has 86 valence electrons. The number of hydrogen-bond donors (Lipinski definition) is 2. The third-order valence-corrected chi connectivity index (χ3v) is 3.16. The first-order chi connectivity index (χ1) is 7.47. The van der Waals surface area contributed by atoms with Crippen LogP contribution in [-0.4, -0.2) is 15.7 Å². The second kappa shape index (κ2) is 3.94. The van der Waals surface area contributed by atoms with Gasteiger partial charge in [-0.1, -0.05) is 6.07 Å². The van der Waals surface area contributed by atoms with E-state index in [2.05, 4.69) is 60.7 Å². The highest BCUT2D eigenvalue weighted by molar-refractivity contribution is 7.13. The number of rotatable bonds is 2. The highest BCUT2D eigenvalue weighted by atomic mass is 32.1. The normalized spacial score (nSPS) is 11.8. The Kier molecular flexibility index (Phi) is 2.76. The zero-order chi connectivity index (χ0) is 11.8. The van der Waals surface area contributed by atoms with Crippen LogP contribution in [0.1, 0.15) is 26.3 Å². The van der Waals surface area contributed by atoms with E-state index in [1.165, 1.54) is 10.4 Å². The zero-order valence-electron chi connectivity index (χ0n) is 10.1. The predicted octanol–water partition coefficient (Wildman–Crippen LogP) is 3.66. The Hall–Kier alpha value is -1.29. The molecule has 0 saturated carbocycles. The summed E-state index contributed by atoms with van der Waals surface area (Å²) in [6.07, 6.45) is 0. The summed E-state index contributed by atoms with van der Waals surface area (Å²) in [6, 6.07) is 4.16. The lowest BCUT2D eigenvalue weighted by atomic mass is 10.1. The average Bonchev–Trinajstić information content (AvgIpc) is 2.75. The van der Waals surface area contributed by atoms with Crippen molar-refractivity contribution in [3.05, 3.63) is 23.1 Å². The van der Waals surface area contributed by atoms with Gasteiger partial charge in [0.05, 0.1) is 10.6 Å². The number of hydrogen-bond acceptors (Lipinski definition) is 3. The van der Waals surface area contributed by atoms with Crippen LogP contribution in [0, 0.1) is 6.92 Å². The van der Waals surface area contributed by atoms with E-state index in [4.69, 9.17) is 0 Å². The van der Waals surface area contributed by atoms with Crippen LogP contribution < -0.4 is 5.32 Å². The van der Waals surface area contributed by atoms with Crippen molar-refractivity contribution in [2.75, 3.05) is 5.32 Å². The second-order valence-corrected chi connectivity index (χ2v) is 5.87. The molecule has 2 N–H and O–H groups in total. The number of H-pyrrole nitrogens is 1. The molecule has 0 spiro atoms. The maximum Gasteiger partial charge on any atom is 0.151 e. The Balaban J connectivity index is 2.32. The van der Waals surface area contributed by atoms with Crippen LogP contribution in [0.2, 0.25) is 0 Å². The molecule has 0 unspecified atom stereocenters. The predicted molar refractivity (Wildman–Crippen MR) is 70.0 cm³/mol. The van der Waals surface area contributed by atoms with Crippen LogP contribution in [-0.2, 0) is 0 Å². The first kappa shape index (κ1) is 11.2. The topological polar surface area (TPSA) is 40.7 Å². The van der Waals surface area contributed by atoms with Gasteiger partial charge in [0.2, 0.25) is 0 Å².